The van der Waals surface area contributed by atoms with Gasteiger partial charge in [-0.05, 0) is 32.3 Å². The molecule has 0 aliphatic rings. The van der Waals surface area contributed by atoms with Gasteiger partial charge in [0, 0.05) is 51.1 Å². The van der Waals surface area contributed by atoms with Gasteiger partial charge in [-0.2, -0.15) is 28.3 Å². The topological polar surface area (TPSA) is 140 Å². The van der Waals surface area contributed by atoms with Crippen molar-refractivity contribution in [2.24, 2.45) is 5.10 Å². The van der Waals surface area contributed by atoms with Gasteiger partial charge in [0.05, 0.1) is 40.2 Å². The van der Waals surface area contributed by atoms with Crippen molar-refractivity contribution in [3.8, 4) is 6.07 Å². The minimum absolute atomic E-state index is 0.228. The average molecular weight is 485 g/mol. The summed E-state index contributed by atoms with van der Waals surface area (Å²) in [6, 6.07) is 8.99. The van der Waals surface area contributed by atoms with Crippen molar-refractivity contribution >= 4 is 33.1 Å². The van der Waals surface area contributed by atoms with Gasteiger partial charge in [-0.1, -0.05) is 0 Å². The molecule has 0 saturated carbocycles. The zero-order valence-corrected chi connectivity index (χ0v) is 20.0. The molecule has 0 atom stereocenters. The van der Waals surface area contributed by atoms with Crippen LogP contribution in [-0.2, 0) is 10.0 Å². The van der Waals surface area contributed by atoms with Gasteiger partial charge in [0.1, 0.15) is 4.90 Å². The fourth-order valence-electron chi connectivity index (χ4n) is 3.13. The van der Waals surface area contributed by atoms with Crippen LogP contribution < -0.4 is 4.90 Å². The number of pyridine rings is 1. The van der Waals surface area contributed by atoms with Gasteiger partial charge < -0.3 is 9.80 Å². The second kappa shape index (κ2) is 9.86. The third kappa shape index (κ3) is 5.13. The van der Waals surface area contributed by atoms with Crippen LogP contribution >= 0.6 is 0 Å². The predicted octanol–water partition coefficient (Wildman–Crippen LogP) is 1.77. The standard InChI is InChI=1S/C21H24N8O4S/c1-25(2)9-10-26(3)19-6-5-18(29(30)31)12-21(19)34(32,33)27(4)23-14-17-15-24-28-8-7-16(13-22)11-20(17)28/h5-8,11-12,14-15H,9-10H2,1-4H3. The molecule has 178 valence electrons. The maximum atomic E-state index is 13.4. The van der Waals surface area contributed by atoms with E-state index >= 15 is 0 Å². The Hall–Kier alpha value is -4.02. The summed E-state index contributed by atoms with van der Waals surface area (Å²) in [5, 5.41) is 28.7. The van der Waals surface area contributed by atoms with E-state index < -0.39 is 14.9 Å². The number of rotatable bonds is 9. The number of nitro benzene ring substituents is 1. The molecule has 34 heavy (non-hydrogen) atoms. The normalized spacial score (nSPS) is 11.8. The first-order chi connectivity index (χ1) is 16.0. The number of aromatic nitrogens is 2. The zero-order chi connectivity index (χ0) is 25.0. The molecular weight excluding hydrogens is 460 g/mol. The smallest absolute Gasteiger partial charge is 0.281 e. The first-order valence-electron chi connectivity index (χ1n) is 10.1. The minimum atomic E-state index is -4.23. The number of fused-ring (bicyclic) bond motifs is 1. The van der Waals surface area contributed by atoms with Gasteiger partial charge in [0.2, 0.25) is 0 Å². The van der Waals surface area contributed by atoms with E-state index in [1.165, 1.54) is 36.1 Å². The predicted molar refractivity (Wildman–Crippen MR) is 127 cm³/mol. The second-order valence-corrected chi connectivity index (χ2v) is 9.69. The van der Waals surface area contributed by atoms with Gasteiger partial charge in [-0.3, -0.25) is 10.1 Å². The lowest BCUT2D eigenvalue weighted by Crippen LogP contribution is -2.31. The van der Waals surface area contributed by atoms with E-state index in [9.17, 15) is 18.5 Å². The molecule has 0 bridgehead atoms. The molecule has 0 N–H and O–H groups in total. The molecule has 2 aromatic heterocycles. The van der Waals surface area contributed by atoms with Crippen molar-refractivity contribution in [3.63, 3.8) is 0 Å². The summed E-state index contributed by atoms with van der Waals surface area (Å²) < 4.78 is 29.1. The maximum absolute atomic E-state index is 13.4. The molecular formula is C21H24N8O4S. The lowest BCUT2D eigenvalue weighted by Gasteiger charge is -2.25. The van der Waals surface area contributed by atoms with E-state index in [-0.39, 0.29) is 10.6 Å². The second-order valence-electron chi connectivity index (χ2n) is 7.77. The van der Waals surface area contributed by atoms with Gasteiger partial charge >= 0.3 is 0 Å². The van der Waals surface area contributed by atoms with E-state index in [1.807, 2.05) is 25.1 Å². The number of sulfonamides is 1. The Morgan fingerprint density at radius 1 is 1.21 bits per heavy atom. The van der Waals surface area contributed by atoms with Crippen LogP contribution in [0.25, 0.3) is 5.52 Å². The highest BCUT2D eigenvalue weighted by molar-refractivity contribution is 7.89. The number of hydrogen-bond donors (Lipinski definition) is 0. The molecule has 0 amide bonds. The summed E-state index contributed by atoms with van der Waals surface area (Å²) in [6.45, 7) is 1.16. The Morgan fingerprint density at radius 3 is 2.59 bits per heavy atom. The zero-order valence-electron chi connectivity index (χ0n) is 19.2. The van der Waals surface area contributed by atoms with E-state index in [0.717, 1.165) is 10.5 Å². The average Bonchev–Trinajstić information content (AvgIpc) is 3.22. The number of nitriles is 1. The number of non-ortho nitro benzene ring substituents is 1. The Kier molecular flexibility index (Phi) is 7.14. The molecule has 12 nitrogen and oxygen atoms in total. The fraction of sp³-hybridized carbons (Fsp3) is 0.286. The van der Waals surface area contributed by atoms with Crippen LogP contribution in [0.1, 0.15) is 11.1 Å². The van der Waals surface area contributed by atoms with Gasteiger partial charge in [0.15, 0.2) is 0 Å². The molecule has 0 fully saturated rings. The summed E-state index contributed by atoms with van der Waals surface area (Å²) in [5.74, 6) is 0. The molecule has 0 unspecified atom stereocenters. The Labute approximate surface area is 197 Å². The van der Waals surface area contributed by atoms with Gasteiger partial charge in [-0.15, -0.1) is 0 Å². The quantitative estimate of drug-likeness (QED) is 0.254. The minimum Gasteiger partial charge on any atom is -0.372 e. The summed E-state index contributed by atoms with van der Waals surface area (Å²) >= 11 is 0. The fourth-order valence-corrected chi connectivity index (χ4v) is 4.34. The number of likely N-dealkylation sites (N-methyl/N-ethyl adjacent to an activating group) is 2. The van der Waals surface area contributed by atoms with E-state index in [1.54, 1.807) is 30.3 Å². The van der Waals surface area contributed by atoms with Crippen molar-refractivity contribution in [3.05, 3.63) is 64.0 Å². The van der Waals surface area contributed by atoms with Crippen molar-refractivity contribution in [1.29, 1.82) is 5.26 Å². The van der Waals surface area contributed by atoms with E-state index in [0.29, 0.717) is 35.4 Å². The number of nitro groups is 1. The monoisotopic (exact) mass is 484 g/mol. The van der Waals surface area contributed by atoms with Crippen molar-refractivity contribution in [2.45, 2.75) is 4.90 Å². The van der Waals surface area contributed by atoms with E-state index in [2.05, 4.69) is 10.2 Å². The molecule has 0 aliphatic heterocycles. The van der Waals surface area contributed by atoms with E-state index in [4.69, 9.17) is 5.26 Å². The third-order valence-electron chi connectivity index (χ3n) is 5.11. The van der Waals surface area contributed by atoms with Crippen LogP contribution in [0.2, 0.25) is 0 Å². The number of benzene rings is 1. The molecule has 1 aromatic carbocycles. The molecule has 0 spiro atoms. The maximum Gasteiger partial charge on any atom is 0.281 e. The Balaban J connectivity index is 1.99. The molecule has 3 rings (SSSR count). The lowest BCUT2D eigenvalue weighted by atomic mass is 10.2. The van der Waals surface area contributed by atoms with Crippen molar-refractivity contribution in [2.75, 3.05) is 46.2 Å². The first-order valence-corrected chi connectivity index (χ1v) is 11.5. The van der Waals surface area contributed by atoms with Crippen LogP contribution in [0.15, 0.2) is 52.7 Å². The SMILES string of the molecule is CN(C)CCN(C)c1ccc([N+](=O)[O-])cc1S(=O)(=O)N(C)N=Cc1cnn2ccc(C#N)cc12. The molecule has 2 heterocycles. The summed E-state index contributed by atoms with van der Waals surface area (Å²) in [4.78, 5) is 14.1. The first kappa shape index (κ1) is 24.6. The van der Waals surface area contributed by atoms with Gasteiger partial charge in [-0.25, -0.2) is 4.52 Å². The van der Waals surface area contributed by atoms with Crippen LogP contribution in [0.5, 0.6) is 0 Å². The number of anilines is 1. The molecule has 0 radical (unpaired) electrons. The molecule has 0 saturated heterocycles. The number of hydrazone groups is 1. The van der Waals surface area contributed by atoms with Crippen LogP contribution in [-0.4, -0.2) is 79.8 Å². The summed E-state index contributed by atoms with van der Waals surface area (Å²) in [6.07, 6.45) is 4.42. The Bertz CT molecular complexity index is 1390. The number of nitrogens with zero attached hydrogens (tertiary/aromatic N) is 8. The highest BCUT2D eigenvalue weighted by Gasteiger charge is 2.27. The summed E-state index contributed by atoms with van der Waals surface area (Å²) in [5.41, 5.74) is 1.48. The molecule has 13 heteroatoms. The van der Waals surface area contributed by atoms with Crippen molar-refractivity contribution in [1.82, 2.24) is 18.9 Å². The molecule has 3 aromatic rings. The summed E-state index contributed by atoms with van der Waals surface area (Å²) in [7, 11) is 2.52. The van der Waals surface area contributed by atoms with Crippen LogP contribution in [0.3, 0.4) is 0 Å². The Morgan fingerprint density at radius 2 is 1.94 bits per heavy atom. The van der Waals surface area contributed by atoms with Crippen LogP contribution in [0.4, 0.5) is 11.4 Å². The van der Waals surface area contributed by atoms with Crippen LogP contribution in [0, 0.1) is 21.4 Å². The van der Waals surface area contributed by atoms with Crippen molar-refractivity contribution < 1.29 is 13.3 Å². The highest BCUT2D eigenvalue weighted by Crippen LogP contribution is 2.31. The highest BCUT2D eigenvalue weighted by atomic mass is 32.2. The lowest BCUT2D eigenvalue weighted by molar-refractivity contribution is -0.385. The third-order valence-corrected chi connectivity index (χ3v) is 6.79. The van der Waals surface area contributed by atoms with Gasteiger partial charge in [0.25, 0.3) is 15.7 Å². The molecule has 0 aliphatic carbocycles. The number of hydrogen-bond acceptors (Lipinski definition) is 9. The largest absolute Gasteiger partial charge is 0.372 e.